The van der Waals surface area contributed by atoms with Crippen LogP contribution in [0.1, 0.15) is 38.5 Å². The molecule has 3 heterocycles. The molecule has 1 amide bonds. The number of fused-ring (bicyclic) bond motifs is 1. The summed E-state index contributed by atoms with van der Waals surface area (Å²) in [7, 11) is -3.67. The van der Waals surface area contributed by atoms with Crippen molar-refractivity contribution in [3.63, 3.8) is 0 Å². The van der Waals surface area contributed by atoms with Gasteiger partial charge in [0.2, 0.25) is 5.91 Å². The van der Waals surface area contributed by atoms with E-state index in [9.17, 15) is 13.2 Å². The van der Waals surface area contributed by atoms with Crippen LogP contribution in [0.15, 0.2) is 34.5 Å². The molecule has 138 valence electrons. The molecule has 3 aliphatic rings. The number of thiophene rings is 1. The molecule has 2 aromatic rings. The second-order valence-electron chi connectivity index (χ2n) is 7.65. The van der Waals surface area contributed by atoms with Crippen LogP contribution in [-0.2, 0) is 14.8 Å². The molecule has 2 saturated heterocycles. The van der Waals surface area contributed by atoms with Gasteiger partial charge >= 0.3 is 0 Å². The maximum Gasteiger partial charge on any atom is 0.253 e. The Labute approximate surface area is 157 Å². The highest BCUT2D eigenvalue weighted by Gasteiger charge is 2.57. The van der Waals surface area contributed by atoms with E-state index in [0.29, 0.717) is 29.6 Å². The van der Waals surface area contributed by atoms with E-state index in [0.717, 1.165) is 42.3 Å². The summed E-state index contributed by atoms with van der Waals surface area (Å²) in [5.41, 5.74) is -0.851. The van der Waals surface area contributed by atoms with Crippen molar-refractivity contribution < 1.29 is 13.2 Å². The average molecular weight is 391 g/mol. The molecule has 1 aromatic carbocycles. The van der Waals surface area contributed by atoms with E-state index in [1.165, 1.54) is 11.3 Å². The molecule has 5 nitrogen and oxygen atoms in total. The van der Waals surface area contributed by atoms with Crippen molar-refractivity contribution in [1.82, 2.24) is 9.21 Å². The highest BCUT2D eigenvalue weighted by Crippen LogP contribution is 2.45. The Kier molecular flexibility index (Phi) is 3.71. The fourth-order valence-corrected chi connectivity index (χ4v) is 7.95. The molecular formula is C19H22N2O3S2. The van der Waals surface area contributed by atoms with Gasteiger partial charge in [0, 0.05) is 23.8 Å². The van der Waals surface area contributed by atoms with Gasteiger partial charge in [0.05, 0.1) is 0 Å². The van der Waals surface area contributed by atoms with Gasteiger partial charge in [-0.25, -0.2) is 8.42 Å². The molecule has 7 heteroatoms. The smallest absolute Gasteiger partial charge is 0.253 e. The van der Waals surface area contributed by atoms with Gasteiger partial charge in [-0.1, -0.05) is 18.2 Å². The first-order valence-corrected chi connectivity index (χ1v) is 11.6. The summed E-state index contributed by atoms with van der Waals surface area (Å²) in [6.45, 7) is 1.23. The number of likely N-dealkylation sites (tertiary alicyclic amines) is 1. The zero-order valence-electron chi connectivity index (χ0n) is 14.6. The molecule has 26 heavy (non-hydrogen) atoms. The fraction of sp³-hybridized carbons (Fsp3) is 0.526. The summed E-state index contributed by atoms with van der Waals surface area (Å²) in [5.74, 6) is 0.0495. The first kappa shape index (κ1) is 16.7. The Bertz CT molecular complexity index is 947. The third-order valence-electron chi connectivity index (χ3n) is 6.01. The standard InChI is InChI=1S/C19H22N2O3S2/c22-18-19(9-3-11-20(18)15-7-8-15)10-4-12-21(19)26(23,24)17-13-14-5-1-2-6-16(14)25-17/h1-2,5-6,13,15H,3-4,7-12H2. The first-order valence-electron chi connectivity index (χ1n) is 9.35. The quantitative estimate of drug-likeness (QED) is 0.809. The van der Waals surface area contributed by atoms with Crippen LogP contribution in [0.5, 0.6) is 0 Å². The number of rotatable bonds is 3. The summed E-state index contributed by atoms with van der Waals surface area (Å²) in [6, 6.07) is 9.82. The number of carbonyl (C=O) groups is 1. The molecule has 1 atom stereocenters. The molecule has 2 aliphatic heterocycles. The lowest BCUT2D eigenvalue weighted by molar-refractivity contribution is -0.145. The van der Waals surface area contributed by atoms with Gasteiger partial charge < -0.3 is 4.90 Å². The van der Waals surface area contributed by atoms with Crippen molar-refractivity contribution >= 4 is 37.4 Å². The third kappa shape index (κ3) is 2.37. The van der Waals surface area contributed by atoms with Crippen LogP contribution in [0.4, 0.5) is 0 Å². The minimum atomic E-state index is -3.67. The third-order valence-corrected chi connectivity index (χ3v) is 9.54. The Balaban J connectivity index is 1.56. The van der Waals surface area contributed by atoms with Gasteiger partial charge in [-0.05, 0) is 56.0 Å². The largest absolute Gasteiger partial charge is 0.338 e. The highest BCUT2D eigenvalue weighted by atomic mass is 32.2. The minimum Gasteiger partial charge on any atom is -0.338 e. The summed E-state index contributed by atoms with van der Waals surface area (Å²) in [4.78, 5) is 15.3. The lowest BCUT2D eigenvalue weighted by Crippen LogP contribution is -2.61. The maximum atomic E-state index is 13.5. The zero-order valence-corrected chi connectivity index (χ0v) is 16.2. The molecule has 0 N–H and O–H groups in total. The van der Waals surface area contributed by atoms with E-state index in [1.807, 2.05) is 29.2 Å². The fourth-order valence-electron chi connectivity index (χ4n) is 4.61. The van der Waals surface area contributed by atoms with Crippen LogP contribution in [-0.4, -0.2) is 48.2 Å². The SMILES string of the molecule is O=C1N(C2CC2)CCCC12CCCN2S(=O)(=O)c1cc2ccccc2s1. The maximum absolute atomic E-state index is 13.5. The van der Waals surface area contributed by atoms with Gasteiger partial charge in [0.1, 0.15) is 9.75 Å². The summed E-state index contributed by atoms with van der Waals surface area (Å²) >= 11 is 1.30. The molecule has 1 unspecified atom stereocenters. The normalized spacial score (nSPS) is 27.7. The molecule has 0 radical (unpaired) electrons. The van der Waals surface area contributed by atoms with Crippen molar-refractivity contribution in [3.05, 3.63) is 30.3 Å². The molecule has 1 aliphatic carbocycles. The summed E-state index contributed by atoms with van der Waals surface area (Å²) < 4.78 is 29.8. The van der Waals surface area contributed by atoms with Crippen LogP contribution >= 0.6 is 11.3 Å². The minimum absolute atomic E-state index is 0.0495. The number of piperidine rings is 1. The molecule has 1 aromatic heterocycles. The topological polar surface area (TPSA) is 57.7 Å². The average Bonchev–Trinajstić information content (AvgIpc) is 3.22. The first-order chi connectivity index (χ1) is 12.5. The number of carbonyl (C=O) groups excluding carboxylic acids is 1. The van der Waals surface area contributed by atoms with Gasteiger partial charge in [-0.3, -0.25) is 4.79 Å². The summed E-state index contributed by atoms with van der Waals surface area (Å²) in [6.07, 6.45) is 5.07. The van der Waals surface area contributed by atoms with E-state index < -0.39 is 15.6 Å². The number of benzene rings is 1. The number of hydrogen-bond acceptors (Lipinski definition) is 4. The Morgan fingerprint density at radius 2 is 1.81 bits per heavy atom. The monoisotopic (exact) mass is 390 g/mol. The van der Waals surface area contributed by atoms with Gasteiger partial charge in [0.25, 0.3) is 10.0 Å². The van der Waals surface area contributed by atoms with Gasteiger partial charge in [-0.15, -0.1) is 11.3 Å². The predicted octanol–water partition coefficient (Wildman–Crippen LogP) is 3.21. The second kappa shape index (κ2) is 5.78. The van der Waals surface area contributed by atoms with Crippen LogP contribution in [0.2, 0.25) is 0 Å². The molecular weight excluding hydrogens is 368 g/mol. The van der Waals surface area contributed by atoms with Crippen molar-refractivity contribution in [1.29, 1.82) is 0 Å². The molecule has 1 spiro atoms. The number of sulfonamides is 1. The Morgan fingerprint density at radius 1 is 1.08 bits per heavy atom. The lowest BCUT2D eigenvalue weighted by Gasteiger charge is -2.43. The van der Waals surface area contributed by atoms with Crippen LogP contribution < -0.4 is 0 Å². The van der Waals surface area contributed by atoms with E-state index in [4.69, 9.17) is 0 Å². The van der Waals surface area contributed by atoms with Crippen molar-refractivity contribution in [2.45, 2.75) is 54.3 Å². The number of nitrogens with zero attached hydrogens (tertiary/aromatic N) is 2. The van der Waals surface area contributed by atoms with Gasteiger partial charge in [-0.2, -0.15) is 4.31 Å². The van der Waals surface area contributed by atoms with Crippen molar-refractivity contribution in [2.75, 3.05) is 13.1 Å². The van der Waals surface area contributed by atoms with E-state index in [1.54, 1.807) is 10.4 Å². The van der Waals surface area contributed by atoms with Crippen LogP contribution in [0, 0.1) is 0 Å². The molecule has 5 rings (SSSR count). The van der Waals surface area contributed by atoms with E-state index in [2.05, 4.69) is 0 Å². The molecule has 0 bridgehead atoms. The zero-order chi connectivity index (χ0) is 17.9. The van der Waals surface area contributed by atoms with Gasteiger partial charge in [0.15, 0.2) is 0 Å². The highest BCUT2D eigenvalue weighted by molar-refractivity contribution is 7.91. The van der Waals surface area contributed by atoms with Crippen molar-refractivity contribution in [2.24, 2.45) is 0 Å². The van der Waals surface area contributed by atoms with Crippen LogP contribution in [0.3, 0.4) is 0 Å². The number of hydrogen-bond donors (Lipinski definition) is 0. The van der Waals surface area contributed by atoms with E-state index >= 15 is 0 Å². The number of amides is 1. The second-order valence-corrected chi connectivity index (χ2v) is 10.8. The lowest BCUT2D eigenvalue weighted by atomic mass is 9.86. The predicted molar refractivity (Wildman–Crippen MR) is 102 cm³/mol. The van der Waals surface area contributed by atoms with Crippen LogP contribution in [0.25, 0.3) is 10.1 Å². The summed E-state index contributed by atoms with van der Waals surface area (Å²) in [5, 5.41) is 0.943. The Hall–Kier alpha value is -1.44. The van der Waals surface area contributed by atoms with Crippen molar-refractivity contribution in [3.8, 4) is 0 Å². The molecule has 3 fully saturated rings. The van der Waals surface area contributed by atoms with E-state index in [-0.39, 0.29) is 5.91 Å². The Morgan fingerprint density at radius 3 is 2.54 bits per heavy atom. The molecule has 1 saturated carbocycles.